The number of thiazole rings is 1. The summed E-state index contributed by atoms with van der Waals surface area (Å²) in [6.07, 6.45) is 11.6. The molecule has 1 aromatic carbocycles. The fourth-order valence-electron chi connectivity index (χ4n) is 3.38. The lowest BCUT2D eigenvalue weighted by Gasteiger charge is -2.07. The standard InChI is InChI=1S/C26H32N2O3S/c1-3-5-6-7-8-9-14-31-23-12-10-20(11-13-23)15-25-28-24(19-32-25)21-16-22(18-27-17-21)26(29)30-4-2/h10-13,16-19H,3-9,14-15H2,1-2H3. The summed E-state index contributed by atoms with van der Waals surface area (Å²) in [6, 6.07) is 10.0. The first-order valence-electron chi connectivity index (χ1n) is 11.5. The van der Waals surface area contributed by atoms with Crippen molar-refractivity contribution in [2.45, 2.75) is 58.8 Å². The van der Waals surface area contributed by atoms with Gasteiger partial charge in [-0.3, -0.25) is 4.98 Å². The van der Waals surface area contributed by atoms with E-state index in [9.17, 15) is 4.79 Å². The van der Waals surface area contributed by atoms with Gasteiger partial charge in [-0.15, -0.1) is 11.3 Å². The molecule has 3 aromatic rings. The van der Waals surface area contributed by atoms with Crippen LogP contribution in [0.3, 0.4) is 0 Å². The Labute approximate surface area is 194 Å². The van der Waals surface area contributed by atoms with E-state index in [1.54, 1.807) is 30.5 Å². The number of carbonyl (C=O) groups excluding carboxylic acids is 1. The minimum Gasteiger partial charge on any atom is -0.494 e. The van der Waals surface area contributed by atoms with Crippen molar-refractivity contribution in [1.82, 2.24) is 9.97 Å². The van der Waals surface area contributed by atoms with Crippen molar-refractivity contribution in [3.05, 3.63) is 64.2 Å². The molecule has 0 saturated carbocycles. The van der Waals surface area contributed by atoms with E-state index in [2.05, 4.69) is 24.0 Å². The highest BCUT2D eigenvalue weighted by Crippen LogP contribution is 2.24. The second-order valence-corrected chi connectivity index (χ2v) is 8.69. The van der Waals surface area contributed by atoms with Crippen molar-refractivity contribution < 1.29 is 14.3 Å². The molecule has 0 spiro atoms. The molecule has 0 bridgehead atoms. The van der Waals surface area contributed by atoms with Crippen LogP contribution in [0.1, 0.15) is 73.3 Å². The maximum absolute atomic E-state index is 11.9. The third kappa shape index (κ3) is 7.45. The van der Waals surface area contributed by atoms with Crippen LogP contribution in [0.15, 0.2) is 48.1 Å². The van der Waals surface area contributed by atoms with Crippen LogP contribution in [-0.2, 0) is 11.2 Å². The molecule has 2 heterocycles. The quantitative estimate of drug-likeness (QED) is 0.213. The number of ether oxygens (including phenoxy) is 2. The van der Waals surface area contributed by atoms with Crippen molar-refractivity contribution in [2.24, 2.45) is 0 Å². The molecule has 2 aromatic heterocycles. The summed E-state index contributed by atoms with van der Waals surface area (Å²) in [5, 5.41) is 3.02. The fourth-order valence-corrected chi connectivity index (χ4v) is 4.22. The van der Waals surface area contributed by atoms with Crippen molar-refractivity contribution in [3.8, 4) is 17.0 Å². The predicted molar refractivity (Wildman–Crippen MR) is 129 cm³/mol. The van der Waals surface area contributed by atoms with Gasteiger partial charge in [0.05, 0.1) is 29.5 Å². The Morgan fingerprint density at radius 2 is 1.78 bits per heavy atom. The van der Waals surface area contributed by atoms with Gasteiger partial charge in [0.15, 0.2) is 0 Å². The highest BCUT2D eigenvalue weighted by atomic mass is 32.1. The van der Waals surface area contributed by atoms with E-state index in [0.29, 0.717) is 12.2 Å². The Balaban J connectivity index is 1.50. The molecule has 0 amide bonds. The second-order valence-electron chi connectivity index (χ2n) is 7.75. The monoisotopic (exact) mass is 452 g/mol. The molecule has 170 valence electrons. The molecule has 0 unspecified atom stereocenters. The van der Waals surface area contributed by atoms with Crippen molar-refractivity contribution in [3.63, 3.8) is 0 Å². The topological polar surface area (TPSA) is 61.3 Å². The number of unbranched alkanes of at least 4 members (excludes halogenated alkanes) is 5. The van der Waals surface area contributed by atoms with Crippen LogP contribution in [0.2, 0.25) is 0 Å². The number of hydrogen-bond donors (Lipinski definition) is 0. The van der Waals surface area contributed by atoms with Crippen LogP contribution in [0.4, 0.5) is 0 Å². The van der Waals surface area contributed by atoms with E-state index >= 15 is 0 Å². The van der Waals surface area contributed by atoms with Crippen LogP contribution < -0.4 is 4.74 Å². The van der Waals surface area contributed by atoms with Gasteiger partial charge in [-0.05, 0) is 37.1 Å². The first-order chi connectivity index (χ1) is 15.7. The number of aromatic nitrogens is 2. The van der Waals surface area contributed by atoms with E-state index in [4.69, 9.17) is 14.5 Å². The summed E-state index contributed by atoms with van der Waals surface area (Å²) < 4.78 is 10.9. The zero-order chi connectivity index (χ0) is 22.6. The molecular weight excluding hydrogens is 420 g/mol. The van der Waals surface area contributed by atoms with Gasteiger partial charge in [0.2, 0.25) is 0 Å². The molecule has 0 N–H and O–H groups in total. The minimum atomic E-state index is -0.365. The average molecular weight is 453 g/mol. The molecule has 0 radical (unpaired) electrons. The molecule has 0 saturated heterocycles. The Morgan fingerprint density at radius 3 is 2.56 bits per heavy atom. The molecule has 0 atom stereocenters. The van der Waals surface area contributed by atoms with Crippen LogP contribution in [0, 0.1) is 0 Å². The Kier molecular flexibility index (Phi) is 9.69. The molecule has 32 heavy (non-hydrogen) atoms. The smallest absolute Gasteiger partial charge is 0.339 e. The summed E-state index contributed by atoms with van der Waals surface area (Å²) in [4.78, 5) is 20.8. The lowest BCUT2D eigenvalue weighted by molar-refractivity contribution is 0.0526. The normalized spacial score (nSPS) is 10.8. The van der Waals surface area contributed by atoms with Crippen LogP contribution >= 0.6 is 11.3 Å². The number of nitrogens with zero attached hydrogens (tertiary/aromatic N) is 2. The van der Waals surface area contributed by atoms with Gasteiger partial charge >= 0.3 is 5.97 Å². The fraction of sp³-hybridized carbons (Fsp3) is 0.423. The second kappa shape index (κ2) is 13.0. The van der Waals surface area contributed by atoms with Gasteiger partial charge < -0.3 is 9.47 Å². The summed E-state index contributed by atoms with van der Waals surface area (Å²) in [6.45, 7) is 5.15. The van der Waals surface area contributed by atoms with Crippen molar-refractivity contribution >= 4 is 17.3 Å². The Hall–Kier alpha value is -2.73. The number of rotatable bonds is 13. The summed E-state index contributed by atoms with van der Waals surface area (Å²) in [5.41, 5.74) is 3.27. The zero-order valence-electron chi connectivity index (χ0n) is 19.0. The first-order valence-corrected chi connectivity index (χ1v) is 12.4. The van der Waals surface area contributed by atoms with Gasteiger partial charge in [-0.1, -0.05) is 51.2 Å². The summed E-state index contributed by atoms with van der Waals surface area (Å²) >= 11 is 1.61. The average Bonchev–Trinajstić information content (AvgIpc) is 3.28. The van der Waals surface area contributed by atoms with Gasteiger partial charge in [-0.25, -0.2) is 9.78 Å². The number of benzene rings is 1. The number of pyridine rings is 1. The first kappa shape index (κ1) is 23.9. The van der Waals surface area contributed by atoms with E-state index in [0.717, 1.165) is 41.5 Å². The largest absolute Gasteiger partial charge is 0.494 e. The Morgan fingerprint density at radius 1 is 1.00 bits per heavy atom. The van der Waals surface area contributed by atoms with E-state index in [1.807, 2.05) is 17.5 Å². The predicted octanol–water partition coefficient (Wildman–Crippen LogP) is 6.71. The SMILES string of the molecule is CCCCCCCCOc1ccc(Cc2nc(-c3cncc(C(=O)OCC)c3)cs2)cc1. The number of hydrogen-bond acceptors (Lipinski definition) is 6. The molecule has 6 heteroatoms. The van der Waals surface area contributed by atoms with Crippen LogP contribution in [-0.4, -0.2) is 29.2 Å². The summed E-state index contributed by atoms with van der Waals surface area (Å²) in [7, 11) is 0. The number of esters is 1. The number of carbonyl (C=O) groups is 1. The molecule has 3 rings (SSSR count). The minimum absolute atomic E-state index is 0.340. The maximum Gasteiger partial charge on any atom is 0.339 e. The molecule has 0 aliphatic heterocycles. The molecular formula is C26H32N2O3S. The lowest BCUT2D eigenvalue weighted by atomic mass is 10.1. The van der Waals surface area contributed by atoms with Gasteiger partial charge in [0.1, 0.15) is 5.75 Å². The van der Waals surface area contributed by atoms with E-state index < -0.39 is 0 Å². The van der Waals surface area contributed by atoms with Gasteiger partial charge in [-0.2, -0.15) is 0 Å². The molecule has 0 aliphatic carbocycles. The lowest BCUT2D eigenvalue weighted by Crippen LogP contribution is -2.05. The molecule has 5 nitrogen and oxygen atoms in total. The highest BCUT2D eigenvalue weighted by molar-refractivity contribution is 7.10. The molecule has 0 aliphatic rings. The zero-order valence-corrected chi connectivity index (χ0v) is 19.8. The third-order valence-electron chi connectivity index (χ3n) is 5.14. The van der Waals surface area contributed by atoms with E-state index in [-0.39, 0.29) is 5.97 Å². The Bertz CT molecular complexity index is 969. The van der Waals surface area contributed by atoms with Crippen molar-refractivity contribution in [1.29, 1.82) is 0 Å². The van der Waals surface area contributed by atoms with Crippen molar-refractivity contribution in [2.75, 3.05) is 13.2 Å². The molecule has 0 fully saturated rings. The van der Waals surface area contributed by atoms with E-state index in [1.165, 1.54) is 43.9 Å². The highest BCUT2D eigenvalue weighted by Gasteiger charge is 2.11. The maximum atomic E-state index is 11.9. The van der Waals surface area contributed by atoms with Gasteiger partial charge in [0.25, 0.3) is 0 Å². The third-order valence-corrected chi connectivity index (χ3v) is 5.99. The summed E-state index contributed by atoms with van der Waals surface area (Å²) in [5.74, 6) is 0.556. The van der Waals surface area contributed by atoms with Gasteiger partial charge in [0, 0.05) is 29.8 Å². The van der Waals surface area contributed by atoms with Crippen LogP contribution in [0.5, 0.6) is 5.75 Å². The van der Waals surface area contributed by atoms with Crippen LogP contribution in [0.25, 0.3) is 11.3 Å².